The van der Waals surface area contributed by atoms with E-state index in [1.807, 2.05) is 44.2 Å². The van der Waals surface area contributed by atoms with E-state index in [-0.39, 0.29) is 23.0 Å². The van der Waals surface area contributed by atoms with E-state index in [4.69, 9.17) is 0 Å². The van der Waals surface area contributed by atoms with Crippen LogP contribution >= 0.6 is 0 Å². The summed E-state index contributed by atoms with van der Waals surface area (Å²) in [5, 5.41) is 2.85. The van der Waals surface area contributed by atoms with Gasteiger partial charge in [0.2, 0.25) is 11.8 Å². The number of nitrogens with one attached hydrogen (secondary N) is 1. The van der Waals surface area contributed by atoms with Crippen molar-refractivity contribution in [2.75, 3.05) is 17.4 Å². The molecule has 9 heteroatoms. The second kappa shape index (κ2) is 13.0. The zero-order chi connectivity index (χ0) is 26.8. The van der Waals surface area contributed by atoms with Crippen LogP contribution in [0, 0.1) is 5.82 Å². The summed E-state index contributed by atoms with van der Waals surface area (Å²) in [5.41, 5.74) is 1.09. The van der Waals surface area contributed by atoms with Crippen LogP contribution in [0.3, 0.4) is 0 Å². The van der Waals surface area contributed by atoms with Gasteiger partial charge in [-0.05, 0) is 54.8 Å². The molecule has 3 aromatic carbocycles. The summed E-state index contributed by atoms with van der Waals surface area (Å²) < 4.78 is 41.8. The van der Waals surface area contributed by atoms with Crippen LogP contribution in [0.25, 0.3) is 0 Å². The number of para-hydroxylation sites is 1. The molecule has 37 heavy (non-hydrogen) atoms. The molecule has 7 nitrogen and oxygen atoms in total. The van der Waals surface area contributed by atoms with Gasteiger partial charge in [-0.25, -0.2) is 12.8 Å². The Hall–Kier alpha value is -3.72. The Morgan fingerprint density at radius 3 is 2.05 bits per heavy atom. The van der Waals surface area contributed by atoms with Crippen molar-refractivity contribution in [3.8, 4) is 0 Å². The number of anilines is 1. The maximum absolute atomic E-state index is 13.8. The van der Waals surface area contributed by atoms with Gasteiger partial charge in [-0.15, -0.1) is 0 Å². The van der Waals surface area contributed by atoms with E-state index in [9.17, 15) is 22.4 Å². The smallest absolute Gasteiger partial charge is 0.264 e. The molecule has 0 aromatic heterocycles. The molecule has 3 aromatic rings. The first-order valence-corrected chi connectivity index (χ1v) is 13.7. The van der Waals surface area contributed by atoms with Crippen LogP contribution in [-0.2, 0) is 26.2 Å². The fourth-order valence-electron chi connectivity index (χ4n) is 3.92. The Morgan fingerprint density at radius 2 is 1.49 bits per heavy atom. The first-order chi connectivity index (χ1) is 17.8. The molecule has 0 radical (unpaired) electrons. The van der Waals surface area contributed by atoms with Crippen LogP contribution < -0.4 is 9.62 Å². The van der Waals surface area contributed by atoms with Crippen LogP contribution in [-0.4, -0.2) is 44.3 Å². The molecule has 196 valence electrons. The zero-order valence-corrected chi connectivity index (χ0v) is 21.8. The van der Waals surface area contributed by atoms with Crippen molar-refractivity contribution in [1.29, 1.82) is 0 Å². The van der Waals surface area contributed by atoms with Gasteiger partial charge >= 0.3 is 0 Å². The Morgan fingerprint density at radius 1 is 0.892 bits per heavy atom. The Balaban J connectivity index is 2.01. The highest BCUT2D eigenvalue weighted by Crippen LogP contribution is 2.25. The minimum absolute atomic E-state index is 0.136. The van der Waals surface area contributed by atoms with E-state index in [0.717, 1.165) is 28.4 Å². The number of nitrogens with zero attached hydrogens (tertiary/aromatic N) is 2. The summed E-state index contributed by atoms with van der Waals surface area (Å²) in [6.45, 7) is 3.82. The maximum Gasteiger partial charge on any atom is 0.264 e. The van der Waals surface area contributed by atoms with Crippen molar-refractivity contribution < 1.29 is 22.4 Å². The molecule has 0 aliphatic carbocycles. The first kappa shape index (κ1) is 27.9. The average molecular weight is 526 g/mol. The topological polar surface area (TPSA) is 86.8 Å². The predicted octanol–water partition coefficient (Wildman–Crippen LogP) is 4.35. The Bertz CT molecular complexity index is 1270. The molecule has 1 N–H and O–H groups in total. The summed E-state index contributed by atoms with van der Waals surface area (Å²) >= 11 is 0. The van der Waals surface area contributed by atoms with Crippen LogP contribution in [0.1, 0.15) is 32.3 Å². The minimum atomic E-state index is -4.22. The zero-order valence-electron chi connectivity index (χ0n) is 21.0. The fourth-order valence-corrected chi connectivity index (χ4v) is 5.34. The summed E-state index contributed by atoms with van der Waals surface area (Å²) in [7, 11) is -4.22. The molecule has 1 atom stereocenters. The quantitative estimate of drug-likeness (QED) is 0.381. The summed E-state index contributed by atoms with van der Waals surface area (Å²) in [6, 6.07) is 21.1. The molecule has 0 saturated carbocycles. The number of hydrogen-bond donors (Lipinski definition) is 1. The van der Waals surface area contributed by atoms with Gasteiger partial charge in [0, 0.05) is 13.1 Å². The van der Waals surface area contributed by atoms with Crippen molar-refractivity contribution in [3.63, 3.8) is 0 Å². The van der Waals surface area contributed by atoms with Crippen molar-refractivity contribution in [3.05, 3.63) is 96.3 Å². The number of carbonyl (C=O) groups is 2. The van der Waals surface area contributed by atoms with E-state index in [2.05, 4.69) is 5.32 Å². The molecule has 0 unspecified atom stereocenters. The Kier molecular flexibility index (Phi) is 9.79. The highest BCUT2D eigenvalue weighted by atomic mass is 32.2. The van der Waals surface area contributed by atoms with Gasteiger partial charge in [0.1, 0.15) is 18.4 Å². The number of carbonyl (C=O) groups excluding carboxylic acids is 2. The van der Waals surface area contributed by atoms with Gasteiger partial charge < -0.3 is 10.2 Å². The Labute approximate surface area is 218 Å². The van der Waals surface area contributed by atoms with Gasteiger partial charge in [-0.2, -0.15) is 0 Å². The van der Waals surface area contributed by atoms with Gasteiger partial charge in [0.05, 0.1) is 10.6 Å². The van der Waals surface area contributed by atoms with Crippen molar-refractivity contribution >= 4 is 27.5 Å². The predicted molar refractivity (Wildman–Crippen MR) is 142 cm³/mol. The van der Waals surface area contributed by atoms with Crippen LogP contribution in [0.5, 0.6) is 0 Å². The molecule has 0 aliphatic rings. The van der Waals surface area contributed by atoms with Crippen molar-refractivity contribution in [1.82, 2.24) is 10.2 Å². The summed E-state index contributed by atoms with van der Waals surface area (Å²) in [6.07, 6.45) is 1.09. The lowest BCUT2D eigenvalue weighted by molar-refractivity contribution is -0.140. The minimum Gasteiger partial charge on any atom is -0.354 e. The standard InChI is InChI=1S/C28H32FN3O4S/c1-3-19-30-28(34)26(4-2)31(20-22-11-7-5-8-12-22)27(33)21-32(24-13-9-6-10-14-24)37(35,36)25-17-15-23(29)16-18-25/h5-18,26H,3-4,19-21H2,1-2H3,(H,30,34)/t26-/m0/s1. The molecule has 0 heterocycles. The van der Waals surface area contributed by atoms with Crippen LogP contribution in [0.15, 0.2) is 89.8 Å². The van der Waals surface area contributed by atoms with Crippen molar-refractivity contribution in [2.45, 2.75) is 44.2 Å². The third kappa shape index (κ3) is 7.16. The molecule has 0 fully saturated rings. The van der Waals surface area contributed by atoms with Gasteiger partial charge in [-0.1, -0.05) is 62.4 Å². The summed E-state index contributed by atoms with van der Waals surface area (Å²) in [4.78, 5) is 28.1. The lowest BCUT2D eigenvalue weighted by Gasteiger charge is -2.33. The first-order valence-electron chi connectivity index (χ1n) is 12.2. The SMILES string of the molecule is CCCNC(=O)[C@H](CC)N(Cc1ccccc1)C(=O)CN(c1ccccc1)S(=O)(=O)c1ccc(F)cc1. The second-order valence-corrected chi connectivity index (χ2v) is 10.4. The van der Waals surface area contributed by atoms with E-state index in [0.29, 0.717) is 13.0 Å². The molecule has 3 rings (SSSR count). The van der Waals surface area contributed by atoms with Gasteiger partial charge in [0.15, 0.2) is 0 Å². The van der Waals surface area contributed by atoms with E-state index >= 15 is 0 Å². The van der Waals surface area contributed by atoms with E-state index in [1.165, 1.54) is 17.0 Å². The molecular formula is C28H32FN3O4S. The van der Waals surface area contributed by atoms with Crippen LogP contribution in [0.4, 0.5) is 10.1 Å². The maximum atomic E-state index is 13.8. The second-order valence-electron chi connectivity index (χ2n) is 8.52. The molecule has 0 saturated heterocycles. The summed E-state index contributed by atoms with van der Waals surface area (Å²) in [5.74, 6) is -1.39. The molecule has 2 amide bonds. The normalized spacial score (nSPS) is 12.0. The van der Waals surface area contributed by atoms with Gasteiger partial charge in [0.25, 0.3) is 10.0 Å². The number of rotatable bonds is 12. The molecule has 0 bridgehead atoms. The average Bonchev–Trinajstić information content (AvgIpc) is 2.91. The number of amides is 2. The molecular weight excluding hydrogens is 493 g/mol. The highest BCUT2D eigenvalue weighted by molar-refractivity contribution is 7.92. The lowest BCUT2D eigenvalue weighted by Crippen LogP contribution is -2.52. The number of halogens is 1. The fraction of sp³-hybridized carbons (Fsp3) is 0.286. The number of sulfonamides is 1. The molecule has 0 spiro atoms. The monoisotopic (exact) mass is 525 g/mol. The third-order valence-corrected chi connectivity index (χ3v) is 7.64. The van der Waals surface area contributed by atoms with E-state index in [1.54, 1.807) is 30.3 Å². The molecule has 0 aliphatic heterocycles. The largest absolute Gasteiger partial charge is 0.354 e. The number of benzene rings is 3. The van der Waals surface area contributed by atoms with Crippen LogP contribution in [0.2, 0.25) is 0 Å². The van der Waals surface area contributed by atoms with Crippen molar-refractivity contribution in [2.24, 2.45) is 0 Å². The third-order valence-electron chi connectivity index (χ3n) is 5.86. The lowest BCUT2D eigenvalue weighted by atomic mass is 10.1. The highest BCUT2D eigenvalue weighted by Gasteiger charge is 2.33. The number of hydrogen-bond acceptors (Lipinski definition) is 4. The van der Waals surface area contributed by atoms with E-state index < -0.39 is 34.3 Å². The van der Waals surface area contributed by atoms with Gasteiger partial charge in [-0.3, -0.25) is 13.9 Å².